The first-order valence-corrected chi connectivity index (χ1v) is 12.1. The number of rotatable bonds is 10. The number of carbonyl (C=O) groups is 1. The van der Waals surface area contributed by atoms with Gasteiger partial charge in [0.05, 0.1) is 15.9 Å². The Kier molecular flexibility index (Phi) is 7.63. The number of sulfonamides is 1. The maximum atomic E-state index is 13.0. The highest BCUT2D eigenvalue weighted by atomic mass is 32.2. The summed E-state index contributed by atoms with van der Waals surface area (Å²) in [6, 6.07) is 11.0. The van der Waals surface area contributed by atoms with Gasteiger partial charge in [-0.1, -0.05) is 25.5 Å². The summed E-state index contributed by atoms with van der Waals surface area (Å²) in [6.45, 7) is 3.18. The molecule has 0 fully saturated rings. The molecule has 1 amide bonds. The topological polar surface area (TPSA) is 84.3 Å². The molecule has 172 valence electrons. The minimum absolute atomic E-state index is 0.126. The van der Waals surface area contributed by atoms with Crippen molar-refractivity contribution in [2.24, 2.45) is 0 Å². The van der Waals surface area contributed by atoms with Crippen LogP contribution in [-0.4, -0.2) is 42.3 Å². The molecule has 0 bridgehead atoms. The number of nitrogens with one attached hydrogen (secondary N) is 1. The van der Waals surface area contributed by atoms with Crippen molar-refractivity contribution in [1.82, 2.24) is 19.2 Å². The van der Waals surface area contributed by atoms with Crippen molar-refractivity contribution in [2.75, 3.05) is 14.1 Å². The number of amides is 1. The normalized spacial score (nSPS) is 11.9. The van der Waals surface area contributed by atoms with Gasteiger partial charge in [-0.05, 0) is 42.3 Å². The van der Waals surface area contributed by atoms with Crippen LogP contribution in [0.4, 0.5) is 4.39 Å². The number of halogens is 1. The van der Waals surface area contributed by atoms with Crippen molar-refractivity contribution >= 4 is 27.0 Å². The van der Waals surface area contributed by atoms with Gasteiger partial charge in [0.1, 0.15) is 11.6 Å². The Morgan fingerprint density at radius 1 is 1.16 bits per heavy atom. The number of carbonyl (C=O) groups excluding carboxylic acids is 1. The van der Waals surface area contributed by atoms with Gasteiger partial charge in [-0.15, -0.1) is 0 Å². The fourth-order valence-electron chi connectivity index (χ4n) is 3.40. The lowest BCUT2D eigenvalue weighted by Gasteiger charge is -2.11. The van der Waals surface area contributed by atoms with Gasteiger partial charge >= 0.3 is 0 Å². The zero-order valence-electron chi connectivity index (χ0n) is 18.6. The number of aromatic nitrogens is 2. The van der Waals surface area contributed by atoms with Gasteiger partial charge in [0.15, 0.2) is 0 Å². The highest BCUT2D eigenvalue weighted by Crippen LogP contribution is 2.23. The van der Waals surface area contributed by atoms with Crippen molar-refractivity contribution in [2.45, 2.75) is 50.6 Å². The monoisotopic (exact) mass is 460 g/mol. The third-order valence-corrected chi connectivity index (χ3v) is 7.10. The van der Waals surface area contributed by atoms with Crippen LogP contribution in [0.1, 0.15) is 37.6 Å². The molecular weight excluding hydrogens is 431 g/mol. The van der Waals surface area contributed by atoms with Crippen LogP contribution >= 0.6 is 0 Å². The molecule has 0 atom stereocenters. The summed E-state index contributed by atoms with van der Waals surface area (Å²) in [7, 11) is -0.564. The molecule has 3 rings (SSSR count). The van der Waals surface area contributed by atoms with Crippen molar-refractivity contribution < 1.29 is 17.6 Å². The van der Waals surface area contributed by atoms with Gasteiger partial charge in [-0.3, -0.25) is 4.79 Å². The Labute approximate surface area is 188 Å². The highest BCUT2D eigenvalue weighted by Gasteiger charge is 2.20. The fraction of sp³-hybridized carbons (Fsp3) is 0.391. The first kappa shape index (κ1) is 23.9. The fourth-order valence-corrected chi connectivity index (χ4v) is 4.33. The molecule has 2 aromatic carbocycles. The predicted octanol–water partition coefficient (Wildman–Crippen LogP) is 3.47. The lowest BCUT2D eigenvalue weighted by atomic mass is 10.2. The molecular formula is C23H29FN4O3S. The van der Waals surface area contributed by atoms with E-state index in [1.54, 1.807) is 30.3 Å². The molecule has 0 spiro atoms. The van der Waals surface area contributed by atoms with Crippen LogP contribution in [0.25, 0.3) is 11.0 Å². The molecule has 0 saturated carbocycles. The summed E-state index contributed by atoms with van der Waals surface area (Å²) in [5.41, 5.74) is 2.29. The van der Waals surface area contributed by atoms with Crippen LogP contribution < -0.4 is 5.32 Å². The highest BCUT2D eigenvalue weighted by molar-refractivity contribution is 7.89. The summed E-state index contributed by atoms with van der Waals surface area (Å²) in [5, 5.41) is 2.84. The number of unbranched alkanes of at least 4 members (excludes halogenated alkanes) is 1. The molecule has 0 aliphatic carbocycles. The lowest BCUT2D eigenvalue weighted by Crippen LogP contribution is -2.23. The smallest absolute Gasteiger partial charge is 0.242 e. The third-order valence-electron chi connectivity index (χ3n) is 5.29. The van der Waals surface area contributed by atoms with E-state index in [9.17, 15) is 17.6 Å². The van der Waals surface area contributed by atoms with Gasteiger partial charge in [0.2, 0.25) is 15.9 Å². The quantitative estimate of drug-likeness (QED) is 0.502. The maximum Gasteiger partial charge on any atom is 0.242 e. The van der Waals surface area contributed by atoms with E-state index in [2.05, 4.69) is 21.8 Å². The molecule has 1 N–H and O–H groups in total. The average molecular weight is 461 g/mol. The van der Waals surface area contributed by atoms with Crippen LogP contribution in [0, 0.1) is 5.82 Å². The van der Waals surface area contributed by atoms with E-state index in [0.29, 0.717) is 18.5 Å². The summed E-state index contributed by atoms with van der Waals surface area (Å²) >= 11 is 0. The standard InChI is InChI=1S/C23H29FN4O3S/c1-4-5-14-28-21-11-10-19(32(30,31)27(2)3)15-20(21)26-22(28)12-13-23(29)25-16-17-6-8-18(24)9-7-17/h6-11,15H,4-5,12-14,16H2,1-3H3,(H,25,29). The Balaban J connectivity index is 1.76. The van der Waals surface area contributed by atoms with E-state index in [1.165, 1.54) is 30.5 Å². The van der Waals surface area contributed by atoms with Crippen molar-refractivity contribution in [3.8, 4) is 0 Å². The number of nitrogens with zero attached hydrogens (tertiary/aromatic N) is 3. The molecule has 1 heterocycles. The van der Waals surface area contributed by atoms with Gasteiger partial charge in [-0.2, -0.15) is 0 Å². The second kappa shape index (κ2) is 10.2. The number of imidazole rings is 1. The van der Waals surface area contributed by atoms with Crippen LogP contribution in [0.2, 0.25) is 0 Å². The number of hydrogen-bond donors (Lipinski definition) is 1. The zero-order valence-corrected chi connectivity index (χ0v) is 19.5. The lowest BCUT2D eigenvalue weighted by molar-refractivity contribution is -0.121. The molecule has 0 aliphatic heterocycles. The Hall–Kier alpha value is -2.78. The number of fused-ring (bicyclic) bond motifs is 1. The van der Waals surface area contributed by atoms with Crippen LogP contribution in [0.5, 0.6) is 0 Å². The Morgan fingerprint density at radius 3 is 2.53 bits per heavy atom. The Morgan fingerprint density at radius 2 is 1.88 bits per heavy atom. The van der Waals surface area contributed by atoms with Gasteiger partial charge < -0.3 is 9.88 Å². The number of benzene rings is 2. The van der Waals surface area contributed by atoms with E-state index in [1.807, 2.05) is 0 Å². The first-order chi connectivity index (χ1) is 15.2. The van der Waals surface area contributed by atoms with Crippen molar-refractivity contribution in [1.29, 1.82) is 0 Å². The third kappa shape index (κ3) is 5.52. The van der Waals surface area contributed by atoms with E-state index in [0.717, 1.165) is 36.3 Å². The second-order valence-corrected chi connectivity index (χ2v) is 10.0. The molecule has 9 heteroatoms. The average Bonchev–Trinajstić information content (AvgIpc) is 3.12. The van der Waals surface area contributed by atoms with Crippen LogP contribution in [0.3, 0.4) is 0 Å². The first-order valence-electron chi connectivity index (χ1n) is 10.6. The van der Waals surface area contributed by atoms with E-state index in [-0.39, 0.29) is 23.0 Å². The SMILES string of the molecule is CCCCn1c(CCC(=O)NCc2ccc(F)cc2)nc2cc(S(=O)(=O)N(C)C)ccc21. The molecule has 7 nitrogen and oxygen atoms in total. The number of aryl methyl sites for hydroxylation is 2. The largest absolute Gasteiger partial charge is 0.352 e. The number of hydrogen-bond acceptors (Lipinski definition) is 4. The minimum Gasteiger partial charge on any atom is -0.352 e. The van der Waals surface area contributed by atoms with E-state index >= 15 is 0 Å². The summed E-state index contributed by atoms with van der Waals surface area (Å²) in [6.07, 6.45) is 2.64. The molecule has 0 aliphatic rings. The predicted molar refractivity (Wildman–Crippen MR) is 122 cm³/mol. The van der Waals surface area contributed by atoms with Gasteiger partial charge in [0, 0.05) is 40.0 Å². The zero-order chi connectivity index (χ0) is 23.3. The van der Waals surface area contributed by atoms with Crippen molar-refractivity contribution in [3.05, 3.63) is 59.7 Å². The second-order valence-electron chi connectivity index (χ2n) is 7.87. The van der Waals surface area contributed by atoms with E-state index in [4.69, 9.17) is 0 Å². The van der Waals surface area contributed by atoms with Crippen molar-refractivity contribution in [3.63, 3.8) is 0 Å². The van der Waals surface area contributed by atoms with E-state index < -0.39 is 10.0 Å². The molecule has 0 radical (unpaired) electrons. The molecule has 32 heavy (non-hydrogen) atoms. The van der Waals surface area contributed by atoms with Crippen LogP contribution in [-0.2, 0) is 34.3 Å². The summed E-state index contributed by atoms with van der Waals surface area (Å²) in [4.78, 5) is 17.2. The molecule has 0 saturated heterocycles. The Bertz CT molecular complexity index is 1190. The minimum atomic E-state index is -3.55. The summed E-state index contributed by atoms with van der Waals surface area (Å²) < 4.78 is 41.2. The molecule has 0 unspecified atom stereocenters. The molecule has 3 aromatic rings. The maximum absolute atomic E-state index is 13.0. The summed E-state index contributed by atoms with van der Waals surface area (Å²) in [5.74, 6) is 0.316. The van der Waals surface area contributed by atoms with Crippen LogP contribution in [0.15, 0.2) is 47.4 Å². The van der Waals surface area contributed by atoms with Gasteiger partial charge in [-0.25, -0.2) is 22.1 Å². The van der Waals surface area contributed by atoms with Gasteiger partial charge in [0.25, 0.3) is 0 Å². The molecule has 1 aromatic heterocycles.